The number of halogens is 1. The molecule has 0 aromatic carbocycles. The van der Waals surface area contributed by atoms with Gasteiger partial charge in [0.1, 0.15) is 5.52 Å². The number of hydrogen-bond donors (Lipinski definition) is 1. The summed E-state index contributed by atoms with van der Waals surface area (Å²) in [5.41, 5.74) is 2.57. The lowest BCUT2D eigenvalue weighted by Gasteiger charge is -2.10. The fourth-order valence-corrected chi connectivity index (χ4v) is 1.72. The van der Waals surface area contributed by atoms with Crippen LogP contribution in [0.1, 0.15) is 6.92 Å². The number of terminal acetylenes is 1. The van der Waals surface area contributed by atoms with E-state index in [4.69, 9.17) is 6.42 Å². The first kappa shape index (κ1) is 10.9. The minimum Gasteiger partial charge on any atom is -0.370 e. The highest BCUT2D eigenvalue weighted by atomic mass is 79.9. The van der Waals surface area contributed by atoms with Crippen molar-refractivity contribution in [2.24, 2.45) is 0 Å². The van der Waals surface area contributed by atoms with E-state index in [0.717, 1.165) is 21.2 Å². The van der Waals surface area contributed by atoms with Gasteiger partial charge in [-0.25, -0.2) is 0 Å². The molecule has 0 saturated heterocycles. The van der Waals surface area contributed by atoms with Crippen LogP contribution in [0.5, 0.6) is 0 Å². The van der Waals surface area contributed by atoms with Crippen molar-refractivity contribution < 1.29 is 0 Å². The van der Waals surface area contributed by atoms with Gasteiger partial charge >= 0.3 is 0 Å². The molecule has 1 atom stereocenters. The zero-order chi connectivity index (χ0) is 11.5. The van der Waals surface area contributed by atoms with Crippen molar-refractivity contribution in [3.63, 3.8) is 0 Å². The molecule has 0 fully saturated rings. The summed E-state index contributed by atoms with van der Waals surface area (Å²) in [6.45, 7) is 1.92. The molecule has 0 aliphatic heterocycles. The summed E-state index contributed by atoms with van der Waals surface area (Å²) in [6, 6.07) is 3.77. The van der Waals surface area contributed by atoms with E-state index < -0.39 is 0 Å². The lowest BCUT2D eigenvalue weighted by atomic mass is 10.2. The van der Waals surface area contributed by atoms with Crippen molar-refractivity contribution in [2.45, 2.75) is 13.0 Å². The SMILES string of the molecule is C#CC(C)Nc1ccnc2cc(Br)cnc12. The molecule has 2 rings (SSSR count). The first-order chi connectivity index (χ1) is 7.70. The van der Waals surface area contributed by atoms with Gasteiger partial charge in [-0.3, -0.25) is 9.97 Å². The Morgan fingerprint density at radius 1 is 1.50 bits per heavy atom. The highest BCUT2D eigenvalue weighted by Crippen LogP contribution is 2.22. The van der Waals surface area contributed by atoms with Gasteiger partial charge < -0.3 is 5.32 Å². The quantitative estimate of drug-likeness (QED) is 0.857. The molecule has 0 aliphatic carbocycles. The van der Waals surface area contributed by atoms with E-state index >= 15 is 0 Å². The summed E-state index contributed by atoms with van der Waals surface area (Å²) < 4.78 is 0.912. The number of anilines is 1. The third-order valence-electron chi connectivity index (χ3n) is 2.17. The van der Waals surface area contributed by atoms with Crippen LogP contribution in [0.15, 0.2) is 29.0 Å². The Hall–Kier alpha value is -1.60. The molecular formula is C12H10BrN3. The largest absolute Gasteiger partial charge is 0.370 e. The summed E-state index contributed by atoms with van der Waals surface area (Å²) in [6.07, 6.45) is 8.82. The lowest BCUT2D eigenvalue weighted by molar-refractivity contribution is 1.04. The summed E-state index contributed by atoms with van der Waals surface area (Å²) in [7, 11) is 0. The second kappa shape index (κ2) is 4.50. The Labute approximate surface area is 102 Å². The molecule has 0 amide bonds. The van der Waals surface area contributed by atoms with Crippen molar-refractivity contribution >= 4 is 32.7 Å². The van der Waals surface area contributed by atoms with Crippen molar-refractivity contribution in [1.82, 2.24) is 9.97 Å². The summed E-state index contributed by atoms with van der Waals surface area (Å²) in [4.78, 5) is 8.58. The first-order valence-corrected chi connectivity index (χ1v) is 5.63. The zero-order valence-corrected chi connectivity index (χ0v) is 10.3. The third-order valence-corrected chi connectivity index (χ3v) is 2.60. The number of nitrogens with one attached hydrogen (secondary N) is 1. The average molecular weight is 276 g/mol. The minimum absolute atomic E-state index is 0.0314. The van der Waals surface area contributed by atoms with Gasteiger partial charge in [-0.1, -0.05) is 5.92 Å². The van der Waals surface area contributed by atoms with Gasteiger partial charge in [-0.05, 0) is 35.0 Å². The van der Waals surface area contributed by atoms with E-state index in [0.29, 0.717) is 0 Å². The predicted octanol–water partition coefficient (Wildman–Crippen LogP) is 2.83. The smallest absolute Gasteiger partial charge is 0.112 e. The number of rotatable bonds is 2. The van der Waals surface area contributed by atoms with E-state index in [1.165, 1.54) is 0 Å². The van der Waals surface area contributed by atoms with Crippen molar-refractivity contribution in [1.29, 1.82) is 0 Å². The van der Waals surface area contributed by atoms with Gasteiger partial charge in [0.25, 0.3) is 0 Å². The van der Waals surface area contributed by atoms with Crippen LogP contribution in [0.2, 0.25) is 0 Å². The van der Waals surface area contributed by atoms with Crippen LogP contribution in [0.25, 0.3) is 11.0 Å². The topological polar surface area (TPSA) is 37.8 Å². The van der Waals surface area contributed by atoms with Crippen LogP contribution in [0.4, 0.5) is 5.69 Å². The molecule has 0 bridgehead atoms. The van der Waals surface area contributed by atoms with E-state index in [2.05, 4.69) is 37.1 Å². The second-order valence-corrected chi connectivity index (χ2v) is 4.33. The predicted molar refractivity (Wildman–Crippen MR) is 69.2 cm³/mol. The maximum Gasteiger partial charge on any atom is 0.112 e. The van der Waals surface area contributed by atoms with Crippen LogP contribution in [0, 0.1) is 12.3 Å². The standard InChI is InChI=1S/C12H10BrN3/c1-3-8(2)16-10-4-5-14-11-6-9(13)7-15-12(10)11/h1,4-8H,2H3,(H,14,16). The Morgan fingerprint density at radius 2 is 2.31 bits per heavy atom. The fourth-order valence-electron chi connectivity index (χ4n) is 1.40. The maximum absolute atomic E-state index is 5.33. The van der Waals surface area contributed by atoms with Crippen LogP contribution in [0.3, 0.4) is 0 Å². The van der Waals surface area contributed by atoms with E-state index in [1.807, 2.05) is 19.1 Å². The van der Waals surface area contributed by atoms with E-state index in [-0.39, 0.29) is 6.04 Å². The Kier molecular flexibility index (Phi) is 3.07. The number of aromatic nitrogens is 2. The number of pyridine rings is 2. The average Bonchev–Trinajstić information content (AvgIpc) is 2.28. The van der Waals surface area contributed by atoms with Gasteiger partial charge in [0.15, 0.2) is 0 Å². The van der Waals surface area contributed by atoms with Crippen LogP contribution < -0.4 is 5.32 Å². The minimum atomic E-state index is -0.0314. The number of nitrogens with zero attached hydrogens (tertiary/aromatic N) is 2. The molecule has 16 heavy (non-hydrogen) atoms. The second-order valence-electron chi connectivity index (χ2n) is 3.41. The molecule has 1 N–H and O–H groups in total. The highest BCUT2D eigenvalue weighted by molar-refractivity contribution is 9.10. The van der Waals surface area contributed by atoms with Gasteiger partial charge in [0, 0.05) is 16.9 Å². The number of fused-ring (bicyclic) bond motifs is 1. The van der Waals surface area contributed by atoms with Gasteiger partial charge in [-0.15, -0.1) is 6.42 Å². The molecule has 0 radical (unpaired) electrons. The molecule has 2 heterocycles. The molecule has 0 saturated carbocycles. The molecule has 80 valence electrons. The van der Waals surface area contributed by atoms with Crippen LogP contribution in [-0.2, 0) is 0 Å². The molecule has 2 aromatic rings. The normalized spacial score (nSPS) is 12.1. The number of hydrogen-bond acceptors (Lipinski definition) is 3. The molecule has 0 spiro atoms. The highest BCUT2D eigenvalue weighted by Gasteiger charge is 2.05. The Balaban J connectivity index is 2.50. The van der Waals surface area contributed by atoms with E-state index in [1.54, 1.807) is 12.4 Å². The Morgan fingerprint density at radius 3 is 3.06 bits per heavy atom. The lowest BCUT2D eigenvalue weighted by Crippen LogP contribution is -2.12. The van der Waals surface area contributed by atoms with Crippen molar-refractivity contribution in [3.8, 4) is 12.3 Å². The van der Waals surface area contributed by atoms with Gasteiger partial charge in [-0.2, -0.15) is 0 Å². The molecule has 0 aliphatic rings. The van der Waals surface area contributed by atoms with Crippen molar-refractivity contribution in [3.05, 3.63) is 29.0 Å². The van der Waals surface area contributed by atoms with Crippen molar-refractivity contribution in [2.75, 3.05) is 5.32 Å². The summed E-state index contributed by atoms with van der Waals surface area (Å²) >= 11 is 3.37. The first-order valence-electron chi connectivity index (χ1n) is 4.83. The summed E-state index contributed by atoms with van der Waals surface area (Å²) in [5.74, 6) is 2.62. The van der Waals surface area contributed by atoms with Gasteiger partial charge in [0.2, 0.25) is 0 Å². The van der Waals surface area contributed by atoms with Crippen LogP contribution >= 0.6 is 15.9 Å². The zero-order valence-electron chi connectivity index (χ0n) is 8.74. The van der Waals surface area contributed by atoms with Gasteiger partial charge in [0.05, 0.1) is 17.2 Å². The molecule has 4 heteroatoms. The van der Waals surface area contributed by atoms with Crippen LogP contribution in [-0.4, -0.2) is 16.0 Å². The summed E-state index contributed by atoms with van der Waals surface area (Å²) in [5, 5.41) is 3.20. The fraction of sp³-hybridized carbons (Fsp3) is 0.167. The molecule has 2 aromatic heterocycles. The van der Waals surface area contributed by atoms with E-state index in [9.17, 15) is 0 Å². The third kappa shape index (κ3) is 2.15. The Bertz CT molecular complexity index is 560. The molecular weight excluding hydrogens is 266 g/mol. The molecule has 3 nitrogen and oxygen atoms in total. The monoisotopic (exact) mass is 275 g/mol. The molecule has 1 unspecified atom stereocenters. The maximum atomic E-state index is 5.33.